The van der Waals surface area contributed by atoms with Crippen LogP contribution in [-0.2, 0) is 0 Å². The van der Waals surface area contributed by atoms with E-state index in [1.165, 1.54) is 38.2 Å². The first-order valence-corrected chi connectivity index (χ1v) is 8.87. The van der Waals surface area contributed by atoms with Gasteiger partial charge < -0.3 is 10.6 Å². The van der Waals surface area contributed by atoms with Crippen LogP contribution < -0.4 is 5.73 Å². The van der Waals surface area contributed by atoms with Gasteiger partial charge in [-0.1, -0.05) is 41.1 Å². The van der Waals surface area contributed by atoms with Crippen LogP contribution in [0.5, 0.6) is 0 Å². The number of hydrogen-bond donors (Lipinski definition) is 1. The SMILES string of the molecule is CCC(C)N1CCN(CCC(N)c2ccccc2Br)CC1. The molecule has 1 aromatic rings. The Labute approximate surface area is 137 Å². The van der Waals surface area contributed by atoms with Gasteiger partial charge >= 0.3 is 0 Å². The predicted molar refractivity (Wildman–Crippen MR) is 93.5 cm³/mol. The van der Waals surface area contributed by atoms with Crippen molar-refractivity contribution in [3.63, 3.8) is 0 Å². The Kier molecular flexibility index (Phi) is 6.68. The summed E-state index contributed by atoms with van der Waals surface area (Å²) in [5.41, 5.74) is 7.56. The lowest BCUT2D eigenvalue weighted by Gasteiger charge is -2.38. The average molecular weight is 354 g/mol. The summed E-state index contributed by atoms with van der Waals surface area (Å²) in [6.07, 6.45) is 2.26. The van der Waals surface area contributed by atoms with Crippen LogP contribution in [0, 0.1) is 0 Å². The fraction of sp³-hybridized carbons (Fsp3) is 0.647. The molecule has 0 aliphatic carbocycles. The molecule has 21 heavy (non-hydrogen) atoms. The lowest BCUT2D eigenvalue weighted by molar-refractivity contribution is 0.0986. The highest BCUT2D eigenvalue weighted by Crippen LogP contribution is 2.24. The molecule has 2 atom stereocenters. The second-order valence-corrected chi connectivity index (χ2v) is 6.91. The number of nitrogens with two attached hydrogens (primary N) is 1. The van der Waals surface area contributed by atoms with Crippen molar-refractivity contribution in [2.45, 2.75) is 38.8 Å². The zero-order valence-electron chi connectivity index (χ0n) is 13.3. The van der Waals surface area contributed by atoms with Crippen molar-refractivity contribution in [2.75, 3.05) is 32.7 Å². The Balaban J connectivity index is 1.76. The van der Waals surface area contributed by atoms with Crippen molar-refractivity contribution >= 4 is 15.9 Å². The highest BCUT2D eigenvalue weighted by atomic mass is 79.9. The Morgan fingerprint density at radius 2 is 1.86 bits per heavy atom. The van der Waals surface area contributed by atoms with Crippen molar-refractivity contribution in [3.8, 4) is 0 Å². The first-order valence-electron chi connectivity index (χ1n) is 8.08. The zero-order valence-corrected chi connectivity index (χ0v) is 14.8. The molecule has 2 unspecified atom stereocenters. The lowest BCUT2D eigenvalue weighted by Crippen LogP contribution is -2.49. The molecule has 1 aliphatic heterocycles. The monoisotopic (exact) mass is 353 g/mol. The van der Waals surface area contributed by atoms with E-state index in [0.717, 1.165) is 23.5 Å². The topological polar surface area (TPSA) is 32.5 Å². The first kappa shape index (κ1) is 16.9. The normalized spacial score (nSPS) is 20.4. The minimum atomic E-state index is 0.119. The average Bonchev–Trinajstić information content (AvgIpc) is 2.52. The molecule has 1 saturated heterocycles. The summed E-state index contributed by atoms with van der Waals surface area (Å²) in [7, 11) is 0. The van der Waals surface area contributed by atoms with Crippen molar-refractivity contribution in [1.29, 1.82) is 0 Å². The van der Waals surface area contributed by atoms with E-state index in [-0.39, 0.29) is 6.04 Å². The third kappa shape index (κ3) is 4.78. The van der Waals surface area contributed by atoms with Gasteiger partial charge in [-0.2, -0.15) is 0 Å². The highest BCUT2D eigenvalue weighted by Gasteiger charge is 2.20. The summed E-state index contributed by atoms with van der Waals surface area (Å²) in [5.74, 6) is 0. The minimum Gasteiger partial charge on any atom is -0.324 e. The number of piperazine rings is 1. The van der Waals surface area contributed by atoms with E-state index in [1.807, 2.05) is 6.07 Å². The molecule has 0 spiro atoms. The molecule has 4 heteroatoms. The molecular weight excluding hydrogens is 326 g/mol. The molecule has 0 saturated carbocycles. The summed E-state index contributed by atoms with van der Waals surface area (Å²) in [6, 6.07) is 9.12. The molecule has 1 fully saturated rings. The summed E-state index contributed by atoms with van der Waals surface area (Å²) < 4.78 is 1.12. The number of nitrogens with zero attached hydrogens (tertiary/aromatic N) is 2. The van der Waals surface area contributed by atoms with Gasteiger partial charge in [0.2, 0.25) is 0 Å². The van der Waals surface area contributed by atoms with Gasteiger partial charge in [0.15, 0.2) is 0 Å². The Morgan fingerprint density at radius 1 is 1.19 bits per heavy atom. The van der Waals surface area contributed by atoms with Crippen LogP contribution in [0.15, 0.2) is 28.7 Å². The molecule has 0 bridgehead atoms. The van der Waals surface area contributed by atoms with E-state index >= 15 is 0 Å². The van der Waals surface area contributed by atoms with E-state index in [1.54, 1.807) is 0 Å². The smallest absolute Gasteiger partial charge is 0.0318 e. The number of benzene rings is 1. The maximum Gasteiger partial charge on any atom is 0.0318 e. The largest absolute Gasteiger partial charge is 0.324 e. The number of hydrogen-bond acceptors (Lipinski definition) is 3. The molecule has 0 amide bonds. The van der Waals surface area contributed by atoms with Gasteiger partial charge in [-0.3, -0.25) is 4.90 Å². The first-order chi connectivity index (χ1) is 10.1. The molecule has 3 nitrogen and oxygen atoms in total. The van der Waals surface area contributed by atoms with Crippen LogP contribution in [0.2, 0.25) is 0 Å². The molecule has 118 valence electrons. The van der Waals surface area contributed by atoms with E-state index in [9.17, 15) is 0 Å². The Bertz CT molecular complexity index is 430. The van der Waals surface area contributed by atoms with Gasteiger partial charge in [0.05, 0.1) is 0 Å². The standard InChI is InChI=1S/C17H28BrN3/c1-3-14(2)21-12-10-20(11-13-21)9-8-17(19)15-6-4-5-7-16(15)18/h4-7,14,17H,3,8-13,19H2,1-2H3. The van der Waals surface area contributed by atoms with E-state index in [2.05, 4.69) is 57.8 Å². The molecule has 2 rings (SSSR count). The molecule has 1 aliphatic rings. The fourth-order valence-corrected chi connectivity index (χ4v) is 3.52. The molecule has 0 radical (unpaired) electrons. The van der Waals surface area contributed by atoms with Crippen molar-refractivity contribution in [1.82, 2.24) is 9.80 Å². The molecule has 1 aromatic carbocycles. The zero-order chi connectivity index (χ0) is 15.2. The quantitative estimate of drug-likeness (QED) is 0.851. The second-order valence-electron chi connectivity index (χ2n) is 6.05. The van der Waals surface area contributed by atoms with Gasteiger partial charge in [-0.15, -0.1) is 0 Å². The Hall–Kier alpha value is -0.420. The highest BCUT2D eigenvalue weighted by molar-refractivity contribution is 9.10. The van der Waals surface area contributed by atoms with Crippen LogP contribution in [0.25, 0.3) is 0 Å². The van der Waals surface area contributed by atoms with Gasteiger partial charge in [-0.25, -0.2) is 0 Å². The van der Waals surface area contributed by atoms with Crippen molar-refractivity contribution < 1.29 is 0 Å². The number of rotatable bonds is 6. The summed E-state index contributed by atoms with van der Waals surface area (Å²) in [4.78, 5) is 5.15. The Morgan fingerprint density at radius 3 is 2.48 bits per heavy atom. The molecule has 2 N–H and O–H groups in total. The van der Waals surface area contributed by atoms with Crippen LogP contribution in [0.4, 0.5) is 0 Å². The van der Waals surface area contributed by atoms with Crippen molar-refractivity contribution in [2.24, 2.45) is 5.73 Å². The van der Waals surface area contributed by atoms with Crippen LogP contribution >= 0.6 is 15.9 Å². The van der Waals surface area contributed by atoms with Crippen molar-refractivity contribution in [3.05, 3.63) is 34.3 Å². The summed E-state index contributed by atoms with van der Waals surface area (Å²) in [5, 5.41) is 0. The number of halogens is 1. The van der Waals surface area contributed by atoms with Crippen LogP contribution in [0.1, 0.15) is 38.3 Å². The third-order valence-corrected chi connectivity index (χ3v) is 5.40. The van der Waals surface area contributed by atoms with E-state index in [0.29, 0.717) is 0 Å². The van der Waals surface area contributed by atoms with Gasteiger partial charge in [0.1, 0.15) is 0 Å². The predicted octanol–water partition coefficient (Wildman–Crippen LogP) is 3.26. The maximum absolute atomic E-state index is 6.34. The maximum atomic E-state index is 6.34. The van der Waals surface area contributed by atoms with Crippen LogP contribution in [-0.4, -0.2) is 48.6 Å². The molecule has 1 heterocycles. The van der Waals surface area contributed by atoms with Gasteiger partial charge in [0.25, 0.3) is 0 Å². The second kappa shape index (κ2) is 8.28. The molecular formula is C17H28BrN3. The summed E-state index contributed by atoms with van der Waals surface area (Å²) in [6.45, 7) is 10.4. The van der Waals surface area contributed by atoms with Crippen LogP contribution in [0.3, 0.4) is 0 Å². The van der Waals surface area contributed by atoms with Gasteiger partial charge in [0, 0.05) is 49.3 Å². The van der Waals surface area contributed by atoms with Gasteiger partial charge in [-0.05, 0) is 31.4 Å². The minimum absolute atomic E-state index is 0.119. The lowest BCUT2D eigenvalue weighted by atomic mass is 10.0. The van der Waals surface area contributed by atoms with E-state index in [4.69, 9.17) is 5.73 Å². The summed E-state index contributed by atoms with van der Waals surface area (Å²) >= 11 is 3.59. The molecule has 0 aromatic heterocycles. The third-order valence-electron chi connectivity index (χ3n) is 4.68. The fourth-order valence-electron chi connectivity index (χ4n) is 2.94. The van der Waals surface area contributed by atoms with E-state index < -0.39 is 0 Å².